The van der Waals surface area contributed by atoms with Gasteiger partial charge in [0.2, 0.25) is 0 Å². The molecule has 32 heavy (non-hydrogen) atoms. The van der Waals surface area contributed by atoms with Crippen molar-refractivity contribution in [2.75, 3.05) is 36.4 Å². The average Bonchev–Trinajstić information content (AvgIpc) is 2.76. The van der Waals surface area contributed by atoms with Gasteiger partial charge >= 0.3 is 0 Å². The number of rotatable bonds is 5. The Labute approximate surface area is 191 Å². The Morgan fingerprint density at radius 3 is 2.50 bits per heavy atom. The molecular weight excluding hydrogens is 396 g/mol. The van der Waals surface area contributed by atoms with E-state index in [2.05, 4.69) is 70.4 Å². The molecule has 2 aliphatic rings. The number of aryl methyl sites for hydroxylation is 2. The second kappa shape index (κ2) is 8.66. The summed E-state index contributed by atoms with van der Waals surface area (Å²) in [6, 6.07) is 9.58. The lowest BCUT2D eigenvalue weighted by Gasteiger charge is -2.43. The van der Waals surface area contributed by atoms with Gasteiger partial charge in [-0.25, -0.2) is 4.98 Å². The lowest BCUT2D eigenvalue weighted by molar-refractivity contribution is 0.100. The third kappa shape index (κ3) is 3.92. The maximum absolute atomic E-state index is 4.82. The molecule has 2 aromatic heterocycles. The van der Waals surface area contributed by atoms with Crippen LogP contribution < -0.4 is 10.2 Å². The molecule has 5 rings (SSSR count). The Morgan fingerprint density at radius 1 is 1.00 bits per heavy atom. The molecule has 0 unspecified atom stereocenters. The zero-order valence-electron chi connectivity index (χ0n) is 19.7. The van der Waals surface area contributed by atoms with Crippen molar-refractivity contribution in [1.82, 2.24) is 20.1 Å². The molecule has 0 spiro atoms. The molecule has 0 amide bonds. The molecule has 1 atom stereocenters. The lowest BCUT2D eigenvalue weighted by Crippen LogP contribution is -2.50. The highest BCUT2D eigenvalue weighted by atomic mass is 15.2. The predicted molar refractivity (Wildman–Crippen MR) is 131 cm³/mol. The molecule has 168 valence electrons. The Balaban J connectivity index is 1.41. The summed E-state index contributed by atoms with van der Waals surface area (Å²) in [7, 11) is 0. The lowest BCUT2D eigenvalue weighted by atomic mass is 9.98. The second-order valence-corrected chi connectivity index (χ2v) is 9.49. The van der Waals surface area contributed by atoms with Gasteiger partial charge in [0.25, 0.3) is 0 Å². The summed E-state index contributed by atoms with van der Waals surface area (Å²) in [6.45, 7) is 13.3. The van der Waals surface area contributed by atoms with Crippen LogP contribution in [0.25, 0.3) is 10.8 Å². The van der Waals surface area contributed by atoms with E-state index >= 15 is 0 Å². The smallest absolute Gasteiger partial charge is 0.157 e. The highest BCUT2D eigenvalue weighted by Gasteiger charge is 2.28. The van der Waals surface area contributed by atoms with Gasteiger partial charge in [-0.3, -0.25) is 0 Å². The van der Waals surface area contributed by atoms with Gasteiger partial charge in [-0.1, -0.05) is 18.2 Å². The zero-order valence-corrected chi connectivity index (χ0v) is 19.7. The van der Waals surface area contributed by atoms with Gasteiger partial charge in [0.1, 0.15) is 5.82 Å². The predicted octanol–water partition coefficient (Wildman–Crippen LogP) is 4.80. The van der Waals surface area contributed by atoms with Gasteiger partial charge in [-0.05, 0) is 82.8 Å². The highest BCUT2D eigenvalue weighted by molar-refractivity contribution is 5.94. The molecule has 2 fully saturated rings. The van der Waals surface area contributed by atoms with Crippen LogP contribution in [0.15, 0.2) is 30.5 Å². The number of likely N-dealkylation sites (tertiary alicyclic amines) is 1. The molecule has 0 radical (unpaired) electrons. The van der Waals surface area contributed by atoms with Crippen molar-refractivity contribution in [2.24, 2.45) is 0 Å². The number of anilines is 2. The molecule has 6 nitrogen and oxygen atoms in total. The fourth-order valence-electron chi connectivity index (χ4n) is 5.13. The monoisotopic (exact) mass is 430 g/mol. The molecule has 3 aromatic rings. The average molecular weight is 431 g/mol. The topological polar surface area (TPSA) is 57.2 Å². The second-order valence-electron chi connectivity index (χ2n) is 9.49. The van der Waals surface area contributed by atoms with Gasteiger partial charge in [-0.15, -0.1) is 5.10 Å². The van der Waals surface area contributed by atoms with Crippen molar-refractivity contribution in [1.29, 1.82) is 0 Å². The number of hydrogen-bond acceptors (Lipinski definition) is 6. The first-order valence-electron chi connectivity index (χ1n) is 12.0. The maximum atomic E-state index is 4.82. The largest absolute Gasteiger partial charge is 0.362 e. The summed E-state index contributed by atoms with van der Waals surface area (Å²) >= 11 is 0. The molecular formula is C26H34N6. The zero-order chi connectivity index (χ0) is 22.2. The fourth-order valence-corrected chi connectivity index (χ4v) is 5.13. The van der Waals surface area contributed by atoms with Crippen LogP contribution in [0.2, 0.25) is 0 Å². The van der Waals surface area contributed by atoms with Crippen molar-refractivity contribution in [2.45, 2.75) is 59.0 Å². The first-order valence-corrected chi connectivity index (χ1v) is 12.0. The minimum atomic E-state index is 0.138. The van der Waals surface area contributed by atoms with Crippen LogP contribution in [0, 0.1) is 20.8 Å². The number of fused-ring (bicyclic) bond motifs is 1. The van der Waals surface area contributed by atoms with Crippen molar-refractivity contribution < 1.29 is 0 Å². The first kappa shape index (κ1) is 21.1. The number of piperidine rings is 1. The van der Waals surface area contributed by atoms with Crippen molar-refractivity contribution in [3.63, 3.8) is 0 Å². The molecule has 0 aliphatic carbocycles. The SMILES string of the molecule is Cc1cccc([C@@H](C)Nc2nnc(C)c3cnc(N4CCC(N5CCC5)CC4)cc23)c1C. The van der Waals surface area contributed by atoms with E-state index in [4.69, 9.17) is 4.98 Å². The summed E-state index contributed by atoms with van der Waals surface area (Å²) in [4.78, 5) is 9.89. The van der Waals surface area contributed by atoms with Gasteiger partial charge in [0.05, 0.1) is 11.7 Å². The van der Waals surface area contributed by atoms with Crippen LogP contribution in [0.5, 0.6) is 0 Å². The number of aromatic nitrogens is 3. The van der Waals surface area contributed by atoms with Crippen molar-refractivity contribution in [3.8, 4) is 0 Å². The van der Waals surface area contributed by atoms with Crippen LogP contribution in [0.3, 0.4) is 0 Å². The summed E-state index contributed by atoms with van der Waals surface area (Å²) in [5.74, 6) is 1.88. The van der Waals surface area contributed by atoms with Gasteiger partial charge in [-0.2, -0.15) is 5.10 Å². The van der Waals surface area contributed by atoms with E-state index < -0.39 is 0 Å². The molecule has 2 saturated heterocycles. The molecule has 4 heterocycles. The standard InChI is InChI=1S/C26H34N6/c1-17-7-5-8-22(18(17)2)19(3)28-26-23-15-25(27-16-24(23)20(4)29-30-26)32-13-9-21(10-14-32)31-11-6-12-31/h5,7-8,15-16,19,21H,6,9-14H2,1-4H3,(H,28,30)/t19-/m1/s1. The minimum absolute atomic E-state index is 0.138. The molecule has 0 saturated carbocycles. The van der Waals surface area contributed by atoms with Gasteiger partial charge in [0, 0.05) is 36.1 Å². The number of pyridine rings is 1. The van der Waals surface area contributed by atoms with E-state index in [1.54, 1.807) is 0 Å². The Bertz CT molecular complexity index is 1110. The Hall–Kier alpha value is -2.73. The quantitative estimate of drug-likeness (QED) is 0.628. The van der Waals surface area contributed by atoms with Crippen LogP contribution in [0.4, 0.5) is 11.6 Å². The number of nitrogens with zero attached hydrogens (tertiary/aromatic N) is 5. The molecule has 2 aliphatic heterocycles. The van der Waals surface area contributed by atoms with E-state index in [-0.39, 0.29) is 6.04 Å². The highest BCUT2D eigenvalue weighted by Crippen LogP contribution is 2.31. The van der Waals surface area contributed by atoms with E-state index in [1.165, 1.54) is 49.0 Å². The fraction of sp³-hybridized carbons (Fsp3) is 0.500. The first-order chi connectivity index (χ1) is 15.5. The van der Waals surface area contributed by atoms with E-state index in [9.17, 15) is 0 Å². The maximum Gasteiger partial charge on any atom is 0.157 e. The van der Waals surface area contributed by atoms with E-state index in [1.807, 2.05) is 13.1 Å². The Kier molecular flexibility index (Phi) is 5.72. The normalized spacial score (nSPS) is 18.6. The summed E-state index contributed by atoms with van der Waals surface area (Å²) in [6.07, 6.45) is 5.79. The van der Waals surface area contributed by atoms with Gasteiger partial charge in [0.15, 0.2) is 5.82 Å². The van der Waals surface area contributed by atoms with Crippen LogP contribution in [0.1, 0.15) is 54.6 Å². The van der Waals surface area contributed by atoms with E-state index in [0.717, 1.165) is 47.2 Å². The third-order valence-corrected chi connectivity index (χ3v) is 7.50. The third-order valence-electron chi connectivity index (χ3n) is 7.50. The van der Waals surface area contributed by atoms with Crippen molar-refractivity contribution in [3.05, 3.63) is 52.8 Å². The summed E-state index contributed by atoms with van der Waals surface area (Å²) < 4.78 is 0. The summed E-state index contributed by atoms with van der Waals surface area (Å²) in [5.41, 5.74) is 4.84. The van der Waals surface area contributed by atoms with Crippen LogP contribution >= 0.6 is 0 Å². The van der Waals surface area contributed by atoms with Crippen molar-refractivity contribution >= 4 is 22.4 Å². The number of benzene rings is 1. The number of nitrogens with one attached hydrogen (secondary N) is 1. The number of hydrogen-bond donors (Lipinski definition) is 1. The summed E-state index contributed by atoms with van der Waals surface area (Å²) in [5, 5.41) is 14.8. The molecule has 1 aromatic carbocycles. The molecule has 6 heteroatoms. The van der Waals surface area contributed by atoms with Crippen LogP contribution in [-0.2, 0) is 0 Å². The molecule has 1 N–H and O–H groups in total. The minimum Gasteiger partial charge on any atom is -0.362 e. The van der Waals surface area contributed by atoms with E-state index in [0.29, 0.717) is 0 Å². The van der Waals surface area contributed by atoms with Gasteiger partial charge < -0.3 is 15.1 Å². The Morgan fingerprint density at radius 2 is 1.78 bits per heavy atom. The van der Waals surface area contributed by atoms with Crippen LogP contribution in [-0.4, -0.2) is 52.3 Å². The molecule has 0 bridgehead atoms.